The lowest BCUT2D eigenvalue weighted by Gasteiger charge is -2.37. The summed E-state index contributed by atoms with van der Waals surface area (Å²) in [6.07, 6.45) is 4.76. The lowest BCUT2D eigenvalue weighted by molar-refractivity contribution is 0.615. The predicted molar refractivity (Wildman–Crippen MR) is 104 cm³/mol. The van der Waals surface area contributed by atoms with E-state index in [-0.39, 0.29) is 5.41 Å². The fourth-order valence-electron chi connectivity index (χ4n) is 3.98. The van der Waals surface area contributed by atoms with Gasteiger partial charge in [0.2, 0.25) is 0 Å². The average Bonchev–Trinajstić information content (AvgIpc) is 2.52. The molecule has 1 aromatic carbocycles. The first-order valence-corrected chi connectivity index (χ1v) is 8.53. The molecule has 0 radical (unpaired) electrons. The Morgan fingerprint density at radius 1 is 1.29 bits per heavy atom. The first kappa shape index (κ1) is 16.5. The van der Waals surface area contributed by atoms with E-state index in [9.17, 15) is 0 Å². The minimum atomic E-state index is -0.108. The van der Waals surface area contributed by atoms with E-state index < -0.39 is 0 Å². The van der Waals surface area contributed by atoms with Crippen molar-refractivity contribution < 1.29 is 0 Å². The molecule has 1 N–H and O–H groups in total. The van der Waals surface area contributed by atoms with Gasteiger partial charge in [0.15, 0.2) is 0 Å². The standard InChI is InChI=1S/C22H26N2/c1-7-8-10-23-16(4)20-15(3)21-19-17(9-11-24-21)12-14(2)13-18(19)22(20,5)6/h7,9,11-13,23H,1,4,8,10H2,2-3,5-6H3. The van der Waals surface area contributed by atoms with Crippen LogP contribution < -0.4 is 5.32 Å². The van der Waals surface area contributed by atoms with Crippen molar-refractivity contribution in [1.82, 2.24) is 10.3 Å². The fraction of sp³-hybridized carbons (Fsp3) is 0.318. The number of benzene rings is 1. The number of hydrogen-bond donors (Lipinski definition) is 1. The molecule has 0 saturated carbocycles. The molecule has 0 bridgehead atoms. The van der Waals surface area contributed by atoms with Gasteiger partial charge in [-0.15, -0.1) is 6.58 Å². The molecule has 0 unspecified atom stereocenters. The Labute approximate surface area is 145 Å². The molecule has 1 heterocycles. The molecule has 1 aliphatic carbocycles. The van der Waals surface area contributed by atoms with E-state index in [2.05, 4.69) is 64.4 Å². The molecule has 0 saturated heterocycles. The second-order valence-electron chi connectivity index (χ2n) is 7.18. The zero-order valence-corrected chi connectivity index (χ0v) is 15.2. The lowest BCUT2D eigenvalue weighted by atomic mass is 9.68. The highest BCUT2D eigenvalue weighted by molar-refractivity contribution is 5.99. The highest BCUT2D eigenvalue weighted by atomic mass is 14.9. The summed E-state index contributed by atoms with van der Waals surface area (Å²) in [7, 11) is 0. The predicted octanol–water partition coefficient (Wildman–Crippen LogP) is 5.29. The van der Waals surface area contributed by atoms with E-state index in [0.29, 0.717) is 0 Å². The van der Waals surface area contributed by atoms with Crippen molar-refractivity contribution in [1.29, 1.82) is 0 Å². The topological polar surface area (TPSA) is 24.9 Å². The Bertz CT molecular complexity index is 869. The van der Waals surface area contributed by atoms with Gasteiger partial charge in [-0.05, 0) is 48.4 Å². The molecule has 1 aliphatic rings. The van der Waals surface area contributed by atoms with E-state index in [4.69, 9.17) is 4.98 Å². The van der Waals surface area contributed by atoms with Crippen LogP contribution in [0.4, 0.5) is 0 Å². The SMILES string of the molecule is C=CCCNC(=C)C1=C(C)c2nccc3cc(C)cc(c23)C1(C)C. The zero-order valence-electron chi connectivity index (χ0n) is 15.2. The molecule has 2 heteroatoms. The Hall–Kier alpha value is -2.35. The molecule has 2 aromatic rings. The molecule has 0 atom stereocenters. The second-order valence-corrected chi connectivity index (χ2v) is 7.18. The van der Waals surface area contributed by atoms with Crippen molar-refractivity contribution in [2.75, 3.05) is 6.54 Å². The van der Waals surface area contributed by atoms with E-state index in [1.54, 1.807) is 0 Å². The first-order chi connectivity index (χ1) is 11.4. The van der Waals surface area contributed by atoms with Gasteiger partial charge in [-0.25, -0.2) is 0 Å². The highest BCUT2D eigenvalue weighted by Gasteiger charge is 2.36. The third-order valence-corrected chi connectivity index (χ3v) is 5.02. The van der Waals surface area contributed by atoms with Gasteiger partial charge in [-0.2, -0.15) is 0 Å². The van der Waals surface area contributed by atoms with Crippen LogP contribution in [0.2, 0.25) is 0 Å². The molecular formula is C22H26N2. The molecule has 0 aliphatic heterocycles. The van der Waals surface area contributed by atoms with Gasteiger partial charge >= 0.3 is 0 Å². The molecule has 124 valence electrons. The Morgan fingerprint density at radius 3 is 2.75 bits per heavy atom. The van der Waals surface area contributed by atoms with Crippen LogP contribution in [0.1, 0.15) is 44.0 Å². The normalized spacial score (nSPS) is 15.5. The summed E-state index contributed by atoms with van der Waals surface area (Å²) in [4.78, 5) is 4.70. The maximum Gasteiger partial charge on any atom is 0.0744 e. The third kappa shape index (κ3) is 2.47. The molecule has 0 amide bonds. The smallest absolute Gasteiger partial charge is 0.0744 e. The minimum absolute atomic E-state index is 0.108. The molecule has 0 spiro atoms. The minimum Gasteiger partial charge on any atom is -0.385 e. The van der Waals surface area contributed by atoms with Crippen LogP contribution >= 0.6 is 0 Å². The molecule has 24 heavy (non-hydrogen) atoms. The second kappa shape index (κ2) is 5.94. The van der Waals surface area contributed by atoms with Crippen molar-refractivity contribution in [3.8, 4) is 0 Å². The van der Waals surface area contributed by atoms with Crippen LogP contribution in [0.15, 0.2) is 54.9 Å². The van der Waals surface area contributed by atoms with E-state index in [1.165, 1.54) is 33.0 Å². The lowest BCUT2D eigenvalue weighted by Crippen LogP contribution is -2.31. The summed E-state index contributed by atoms with van der Waals surface area (Å²) in [5.74, 6) is 0. The van der Waals surface area contributed by atoms with Crippen LogP contribution in [0.5, 0.6) is 0 Å². The Balaban J connectivity index is 2.22. The molecule has 0 fully saturated rings. The number of aryl methyl sites for hydroxylation is 1. The van der Waals surface area contributed by atoms with E-state index in [1.807, 2.05) is 12.3 Å². The molecule has 3 rings (SSSR count). The molecule has 1 aromatic heterocycles. The summed E-state index contributed by atoms with van der Waals surface area (Å²) in [5, 5.41) is 6.02. The van der Waals surface area contributed by atoms with E-state index in [0.717, 1.165) is 24.4 Å². The number of hydrogen-bond acceptors (Lipinski definition) is 2. The zero-order chi connectivity index (χ0) is 17.5. The summed E-state index contributed by atoms with van der Waals surface area (Å²) in [6, 6.07) is 6.66. The molecule has 2 nitrogen and oxygen atoms in total. The summed E-state index contributed by atoms with van der Waals surface area (Å²) >= 11 is 0. The quantitative estimate of drug-likeness (QED) is 0.598. The van der Waals surface area contributed by atoms with Crippen LogP contribution in [0.3, 0.4) is 0 Å². The van der Waals surface area contributed by atoms with Crippen molar-refractivity contribution >= 4 is 16.3 Å². The van der Waals surface area contributed by atoms with Crippen molar-refractivity contribution in [2.45, 2.75) is 39.5 Å². The maximum absolute atomic E-state index is 4.70. The molecular weight excluding hydrogens is 292 g/mol. The number of nitrogens with one attached hydrogen (secondary N) is 1. The number of pyridine rings is 1. The van der Waals surface area contributed by atoms with Gasteiger partial charge in [0.1, 0.15) is 0 Å². The largest absolute Gasteiger partial charge is 0.385 e. The number of rotatable bonds is 5. The van der Waals surface area contributed by atoms with Gasteiger partial charge in [-0.1, -0.05) is 44.2 Å². The van der Waals surface area contributed by atoms with Crippen LogP contribution in [-0.2, 0) is 5.41 Å². The van der Waals surface area contributed by atoms with Crippen LogP contribution in [-0.4, -0.2) is 11.5 Å². The van der Waals surface area contributed by atoms with E-state index >= 15 is 0 Å². The first-order valence-electron chi connectivity index (χ1n) is 8.53. The Morgan fingerprint density at radius 2 is 2.04 bits per heavy atom. The average molecular weight is 318 g/mol. The summed E-state index contributed by atoms with van der Waals surface area (Å²) < 4.78 is 0. The van der Waals surface area contributed by atoms with Crippen LogP contribution in [0.25, 0.3) is 16.3 Å². The van der Waals surface area contributed by atoms with Gasteiger partial charge in [0.05, 0.1) is 5.69 Å². The van der Waals surface area contributed by atoms with Gasteiger partial charge in [0.25, 0.3) is 0 Å². The fourth-order valence-corrected chi connectivity index (χ4v) is 3.98. The highest BCUT2D eigenvalue weighted by Crippen LogP contribution is 2.47. The van der Waals surface area contributed by atoms with Gasteiger partial charge in [-0.3, -0.25) is 4.98 Å². The number of aromatic nitrogens is 1. The monoisotopic (exact) mass is 318 g/mol. The van der Waals surface area contributed by atoms with Gasteiger partial charge in [0, 0.05) is 29.2 Å². The Kier molecular flexibility index (Phi) is 4.08. The van der Waals surface area contributed by atoms with Crippen molar-refractivity contribution in [2.24, 2.45) is 0 Å². The van der Waals surface area contributed by atoms with Gasteiger partial charge < -0.3 is 5.32 Å². The summed E-state index contributed by atoms with van der Waals surface area (Å²) in [5.41, 5.74) is 7.07. The van der Waals surface area contributed by atoms with Crippen molar-refractivity contribution in [3.05, 3.63) is 71.7 Å². The van der Waals surface area contributed by atoms with Crippen LogP contribution in [0, 0.1) is 6.92 Å². The summed E-state index contributed by atoms with van der Waals surface area (Å²) in [6.45, 7) is 17.9. The number of allylic oxidation sites excluding steroid dienone is 2. The maximum atomic E-state index is 4.70. The third-order valence-electron chi connectivity index (χ3n) is 5.02. The van der Waals surface area contributed by atoms with Crippen molar-refractivity contribution in [3.63, 3.8) is 0 Å². The number of nitrogens with zero attached hydrogens (tertiary/aromatic N) is 1.